The highest BCUT2D eigenvalue weighted by Gasteiger charge is 2.34. The van der Waals surface area contributed by atoms with Crippen LogP contribution in [0.4, 0.5) is 10.1 Å². The summed E-state index contributed by atoms with van der Waals surface area (Å²) in [5, 5.41) is 0.607. The van der Waals surface area contributed by atoms with Crippen molar-refractivity contribution in [1.29, 1.82) is 0 Å². The number of benzene rings is 1. The zero-order valence-corrected chi connectivity index (χ0v) is 16.9. The van der Waals surface area contributed by atoms with Gasteiger partial charge in [0.2, 0.25) is 5.91 Å². The smallest absolute Gasteiger partial charge is 0.341 e. The van der Waals surface area contributed by atoms with E-state index < -0.39 is 5.97 Å². The van der Waals surface area contributed by atoms with Crippen LogP contribution in [0.5, 0.6) is 0 Å². The lowest BCUT2D eigenvalue weighted by Crippen LogP contribution is -2.36. The predicted octanol–water partition coefficient (Wildman–Crippen LogP) is 3.31. The Morgan fingerprint density at radius 2 is 2.00 bits per heavy atom. The first-order valence-electron chi connectivity index (χ1n) is 10.3. The Bertz CT molecular complexity index is 958. The Kier molecular flexibility index (Phi) is 5.39. The third-order valence-corrected chi connectivity index (χ3v) is 5.64. The number of halogens is 1. The maximum Gasteiger partial charge on any atom is 0.341 e. The molecule has 1 aromatic carbocycles. The minimum absolute atomic E-state index is 0.190. The SMILES string of the molecule is CCOC(=O)c1cnc2c(C)cc(F)cc2c1N1CCCN(C(=O)C2CC2)CC1. The standard InChI is InChI=1S/C22H26FN3O3/c1-3-29-22(28)18-13-24-19-14(2)11-16(23)12-17(19)20(18)25-7-4-8-26(10-9-25)21(27)15-5-6-15/h11-13,15H,3-10H2,1-2H3. The van der Waals surface area contributed by atoms with E-state index in [1.54, 1.807) is 6.92 Å². The molecule has 29 heavy (non-hydrogen) atoms. The van der Waals surface area contributed by atoms with Crippen molar-refractivity contribution in [1.82, 2.24) is 9.88 Å². The molecule has 0 bridgehead atoms. The first-order valence-corrected chi connectivity index (χ1v) is 10.3. The van der Waals surface area contributed by atoms with Crippen LogP contribution in [0.2, 0.25) is 0 Å². The molecule has 1 aliphatic carbocycles. The van der Waals surface area contributed by atoms with Crippen LogP contribution in [0, 0.1) is 18.7 Å². The fourth-order valence-corrected chi connectivity index (χ4v) is 4.07. The molecule has 1 saturated heterocycles. The van der Waals surface area contributed by atoms with Crippen molar-refractivity contribution < 1.29 is 18.7 Å². The summed E-state index contributed by atoms with van der Waals surface area (Å²) >= 11 is 0. The zero-order chi connectivity index (χ0) is 20.5. The molecule has 1 aliphatic heterocycles. The molecule has 0 radical (unpaired) electrons. The monoisotopic (exact) mass is 399 g/mol. The number of nitrogens with zero attached hydrogens (tertiary/aromatic N) is 3. The number of rotatable bonds is 4. The van der Waals surface area contributed by atoms with Gasteiger partial charge in [-0.05, 0) is 50.8 Å². The van der Waals surface area contributed by atoms with Crippen LogP contribution < -0.4 is 4.90 Å². The summed E-state index contributed by atoms with van der Waals surface area (Å²) in [6.45, 7) is 6.37. The second-order valence-corrected chi connectivity index (χ2v) is 7.80. The molecular formula is C22H26FN3O3. The quantitative estimate of drug-likeness (QED) is 0.738. The molecule has 6 nitrogen and oxygen atoms in total. The van der Waals surface area contributed by atoms with Crippen molar-refractivity contribution in [3.8, 4) is 0 Å². The van der Waals surface area contributed by atoms with E-state index in [9.17, 15) is 14.0 Å². The van der Waals surface area contributed by atoms with Crippen LogP contribution in [0.25, 0.3) is 10.9 Å². The second-order valence-electron chi connectivity index (χ2n) is 7.80. The lowest BCUT2D eigenvalue weighted by molar-refractivity contribution is -0.132. The van der Waals surface area contributed by atoms with E-state index in [-0.39, 0.29) is 24.2 Å². The predicted molar refractivity (Wildman–Crippen MR) is 109 cm³/mol. The summed E-state index contributed by atoms with van der Waals surface area (Å²) in [6.07, 6.45) is 4.29. The highest BCUT2D eigenvalue weighted by molar-refractivity contribution is 6.06. The molecule has 0 spiro atoms. The topological polar surface area (TPSA) is 62.7 Å². The van der Waals surface area contributed by atoms with Gasteiger partial charge in [-0.15, -0.1) is 0 Å². The van der Waals surface area contributed by atoms with Gasteiger partial charge in [0, 0.05) is 43.7 Å². The number of fused-ring (bicyclic) bond motifs is 1. The van der Waals surface area contributed by atoms with E-state index in [2.05, 4.69) is 9.88 Å². The van der Waals surface area contributed by atoms with Crippen molar-refractivity contribution in [3.05, 3.63) is 35.3 Å². The molecule has 2 heterocycles. The molecule has 2 aromatic rings. The Balaban J connectivity index is 1.74. The normalized spacial score (nSPS) is 17.3. The summed E-state index contributed by atoms with van der Waals surface area (Å²) in [7, 11) is 0. The lowest BCUT2D eigenvalue weighted by Gasteiger charge is -2.27. The Morgan fingerprint density at radius 1 is 1.21 bits per heavy atom. The van der Waals surface area contributed by atoms with Crippen molar-refractivity contribution >= 4 is 28.5 Å². The van der Waals surface area contributed by atoms with Crippen molar-refractivity contribution in [2.75, 3.05) is 37.7 Å². The van der Waals surface area contributed by atoms with Crippen LogP contribution in [0.15, 0.2) is 18.3 Å². The summed E-state index contributed by atoms with van der Waals surface area (Å²) in [6, 6.07) is 2.88. The van der Waals surface area contributed by atoms with Crippen LogP contribution in [0.3, 0.4) is 0 Å². The zero-order valence-electron chi connectivity index (χ0n) is 16.9. The molecular weight excluding hydrogens is 373 g/mol. The highest BCUT2D eigenvalue weighted by Crippen LogP contribution is 2.34. The van der Waals surface area contributed by atoms with Gasteiger partial charge in [-0.25, -0.2) is 9.18 Å². The van der Waals surface area contributed by atoms with Gasteiger partial charge in [-0.1, -0.05) is 0 Å². The van der Waals surface area contributed by atoms with E-state index in [4.69, 9.17) is 4.74 Å². The summed E-state index contributed by atoms with van der Waals surface area (Å²) in [4.78, 5) is 33.5. The Hall–Kier alpha value is -2.70. The number of pyridine rings is 1. The van der Waals surface area contributed by atoms with Gasteiger partial charge < -0.3 is 14.5 Å². The summed E-state index contributed by atoms with van der Waals surface area (Å²) in [5.41, 5.74) is 2.38. The third kappa shape index (κ3) is 3.91. The number of aryl methyl sites for hydroxylation is 1. The fraction of sp³-hybridized carbons (Fsp3) is 0.500. The molecule has 1 amide bonds. The number of hydrogen-bond donors (Lipinski definition) is 0. The number of carbonyl (C=O) groups excluding carboxylic acids is 2. The van der Waals surface area contributed by atoms with Gasteiger partial charge in [-0.3, -0.25) is 9.78 Å². The Morgan fingerprint density at radius 3 is 2.72 bits per heavy atom. The minimum Gasteiger partial charge on any atom is -0.462 e. The van der Waals surface area contributed by atoms with Gasteiger partial charge in [0.05, 0.1) is 17.8 Å². The van der Waals surface area contributed by atoms with Gasteiger partial charge in [-0.2, -0.15) is 0 Å². The van der Waals surface area contributed by atoms with E-state index in [0.717, 1.165) is 24.8 Å². The maximum atomic E-state index is 14.3. The molecule has 2 fully saturated rings. The van der Waals surface area contributed by atoms with Gasteiger partial charge >= 0.3 is 5.97 Å². The van der Waals surface area contributed by atoms with Crippen LogP contribution in [0.1, 0.15) is 42.1 Å². The third-order valence-electron chi connectivity index (χ3n) is 5.64. The number of carbonyl (C=O) groups is 2. The van der Waals surface area contributed by atoms with Gasteiger partial charge in [0.1, 0.15) is 11.4 Å². The second kappa shape index (κ2) is 7.97. The number of anilines is 1. The number of aromatic nitrogens is 1. The van der Waals surface area contributed by atoms with Crippen molar-refractivity contribution in [2.24, 2.45) is 5.92 Å². The van der Waals surface area contributed by atoms with E-state index in [0.29, 0.717) is 48.3 Å². The van der Waals surface area contributed by atoms with E-state index in [1.165, 1.54) is 18.3 Å². The van der Waals surface area contributed by atoms with Gasteiger partial charge in [0.25, 0.3) is 0 Å². The molecule has 0 atom stereocenters. The number of amides is 1. The molecule has 0 unspecified atom stereocenters. The van der Waals surface area contributed by atoms with E-state index >= 15 is 0 Å². The van der Waals surface area contributed by atoms with Crippen molar-refractivity contribution in [3.63, 3.8) is 0 Å². The average Bonchev–Trinajstić information content (AvgIpc) is 3.53. The highest BCUT2D eigenvalue weighted by atomic mass is 19.1. The number of esters is 1. The van der Waals surface area contributed by atoms with Crippen LogP contribution in [-0.2, 0) is 9.53 Å². The molecule has 154 valence electrons. The fourth-order valence-electron chi connectivity index (χ4n) is 4.07. The molecule has 7 heteroatoms. The van der Waals surface area contributed by atoms with Crippen LogP contribution >= 0.6 is 0 Å². The van der Waals surface area contributed by atoms with Crippen molar-refractivity contribution in [2.45, 2.75) is 33.1 Å². The largest absolute Gasteiger partial charge is 0.462 e. The Labute approximate surface area is 169 Å². The summed E-state index contributed by atoms with van der Waals surface area (Å²) < 4.78 is 19.5. The first-order chi connectivity index (χ1) is 14.0. The van der Waals surface area contributed by atoms with Crippen LogP contribution in [-0.4, -0.2) is 54.5 Å². The molecule has 4 rings (SSSR count). The molecule has 1 saturated carbocycles. The van der Waals surface area contributed by atoms with E-state index in [1.807, 2.05) is 11.8 Å². The first kappa shape index (κ1) is 19.6. The minimum atomic E-state index is -0.464. The molecule has 1 aromatic heterocycles. The number of ether oxygens (including phenoxy) is 1. The molecule has 0 N–H and O–H groups in total. The average molecular weight is 399 g/mol. The lowest BCUT2D eigenvalue weighted by atomic mass is 10.0. The summed E-state index contributed by atoms with van der Waals surface area (Å²) in [5.74, 6) is -0.400. The molecule has 2 aliphatic rings. The van der Waals surface area contributed by atoms with Gasteiger partial charge in [0.15, 0.2) is 0 Å². The maximum absolute atomic E-state index is 14.3. The number of hydrogen-bond acceptors (Lipinski definition) is 5.